The average Bonchev–Trinajstić information content (AvgIpc) is 3.16. The van der Waals surface area contributed by atoms with Gasteiger partial charge in [0.15, 0.2) is 0 Å². The van der Waals surface area contributed by atoms with E-state index in [0.29, 0.717) is 22.0 Å². The van der Waals surface area contributed by atoms with Crippen molar-refractivity contribution in [2.75, 3.05) is 10.6 Å². The third kappa shape index (κ3) is 9.42. The van der Waals surface area contributed by atoms with Gasteiger partial charge in [-0.15, -0.1) is 11.8 Å². The Labute approximate surface area is 306 Å². The summed E-state index contributed by atoms with van der Waals surface area (Å²) in [5.74, 6) is -1.12. The van der Waals surface area contributed by atoms with E-state index in [0.717, 1.165) is 32.7 Å². The van der Waals surface area contributed by atoms with Crippen molar-refractivity contribution >= 4 is 58.5 Å². The molecule has 3 N–H and O–H groups in total. The summed E-state index contributed by atoms with van der Waals surface area (Å²) in [6.07, 6.45) is 1.65. The summed E-state index contributed by atoms with van der Waals surface area (Å²) in [6.45, 7) is 1.91. The van der Waals surface area contributed by atoms with Crippen LogP contribution in [-0.2, 0) is 9.59 Å². The minimum atomic E-state index is -0.602. The van der Waals surface area contributed by atoms with Crippen LogP contribution in [0.4, 0.5) is 11.4 Å². The zero-order valence-electron chi connectivity index (χ0n) is 27.7. The number of nitrogens with one attached hydrogen (secondary N) is 3. The SMILES string of the molecule is Cc1ccc(Cl)cc1NC(=O)C(Sc1cccc(NC(=O)/C(=C\c2ccc(-c3ccccc3)cc2)NC(=O)c2ccccc2)c1)c1ccccc1. The van der Waals surface area contributed by atoms with Gasteiger partial charge in [0.1, 0.15) is 10.9 Å². The molecule has 6 rings (SSSR count). The fourth-order valence-electron chi connectivity index (χ4n) is 5.32. The van der Waals surface area contributed by atoms with Gasteiger partial charge >= 0.3 is 0 Å². The molecule has 0 aliphatic rings. The van der Waals surface area contributed by atoms with Gasteiger partial charge < -0.3 is 16.0 Å². The van der Waals surface area contributed by atoms with Crippen LogP contribution < -0.4 is 16.0 Å². The van der Waals surface area contributed by atoms with Gasteiger partial charge in [-0.25, -0.2) is 0 Å². The standard InChI is InChI=1S/C43H34ClN3O3S/c1-29-20-25-35(44)27-38(29)46-43(50)40(33-14-7-3-8-15-33)51-37-19-11-18-36(28-37)45-42(49)39(47-41(48)34-16-9-4-10-17-34)26-30-21-23-32(24-22-30)31-12-5-2-6-13-31/h2-28,40H,1H3,(H,45,49)(H,46,50)(H,47,48)/b39-26+. The summed E-state index contributed by atoms with van der Waals surface area (Å²) >= 11 is 7.58. The van der Waals surface area contributed by atoms with Crippen LogP contribution in [0.2, 0.25) is 5.02 Å². The molecule has 0 heterocycles. The molecule has 1 unspecified atom stereocenters. The smallest absolute Gasteiger partial charge is 0.272 e. The van der Waals surface area contributed by atoms with Crippen molar-refractivity contribution in [3.8, 4) is 11.1 Å². The molecule has 0 aliphatic heterocycles. The van der Waals surface area contributed by atoms with E-state index >= 15 is 0 Å². The summed E-state index contributed by atoms with van der Waals surface area (Å²) in [5.41, 5.74) is 6.21. The van der Waals surface area contributed by atoms with Crippen molar-refractivity contribution in [2.45, 2.75) is 17.1 Å². The zero-order chi connectivity index (χ0) is 35.6. The lowest BCUT2D eigenvalue weighted by atomic mass is 10.0. The van der Waals surface area contributed by atoms with Crippen molar-refractivity contribution in [2.24, 2.45) is 0 Å². The number of rotatable bonds is 11. The van der Waals surface area contributed by atoms with E-state index in [1.807, 2.05) is 122 Å². The lowest BCUT2D eigenvalue weighted by Crippen LogP contribution is -2.30. The van der Waals surface area contributed by atoms with Crippen LogP contribution in [0.15, 0.2) is 168 Å². The highest BCUT2D eigenvalue weighted by molar-refractivity contribution is 8.00. The molecule has 3 amide bonds. The minimum absolute atomic E-state index is 0.0767. The molecule has 0 aliphatic carbocycles. The van der Waals surface area contributed by atoms with Crippen molar-refractivity contribution in [1.29, 1.82) is 0 Å². The Hall–Kier alpha value is -5.89. The molecule has 0 aromatic heterocycles. The summed E-state index contributed by atoms with van der Waals surface area (Å²) < 4.78 is 0. The number of thioether (sulfide) groups is 1. The molecule has 0 saturated carbocycles. The maximum Gasteiger partial charge on any atom is 0.272 e. The van der Waals surface area contributed by atoms with Crippen LogP contribution in [-0.4, -0.2) is 17.7 Å². The predicted molar refractivity (Wildman–Crippen MR) is 209 cm³/mol. The molecule has 51 heavy (non-hydrogen) atoms. The summed E-state index contributed by atoms with van der Waals surface area (Å²) in [5, 5.41) is 8.71. The Morgan fingerprint density at radius 1 is 0.667 bits per heavy atom. The van der Waals surface area contributed by atoms with Gasteiger partial charge in [-0.1, -0.05) is 127 Å². The highest BCUT2D eigenvalue weighted by atomic mass is 35.5. The van der Waals surface area contributed by atoms with E-state index < -0.39 is 17.1 Å². The van der Waals surface area contributed by atoms with E-state index in [4.69, 9.17) is 11.6 Å². The minimum Gasteiger partial charge on any atom is -0.325 e. The summed E-state index contributed by atoms with van der Waals surface area (Å²) in [4.78, 5) is 41.5. The number of benzene rings is 6. The second-order valence-electron chi connectivity index (χ2n) is 11.7. The van der Waals surface area contributed by atoms with Crippen LogP contribution in [0.3, 0.4) is 0 Å². The van der Waals surface area contributed by atoms with E-state index in [9.17, 15) is 14.4 Å². The maximum atomic E-state index is 13.8. The summed E-state index contributed by atoms with van der Waals surface area (Å²) in [6, 6.07) is 48.6. The number of halogens is 1. The first-order chi connectivity index (χ1) is 24.8. The molecule has 252 valence electrons. The molecule has 0 fully saturated rings. The molecule has 6 aromatic carbocycles. The van der Waals surface area contributed by atoms with E-state index in [1.165, 1.54) is 11.8 Å². The monoisotopic (exact) mass is 707 g/mol. The van der Waals surface area contributed by atoms with Gasteiger partial charge in [0, 0.05) is 26.9 Å². The Balaban J connectivity index is 1.24. The van der Waals surface area contributed by atoms with Crippen LogP contribution in [0.25, 0.3) is 17.2 Å². The molecule has 1 atom stereocenters. The molecule has 0 spiro atoms. The maximum absolute atomic E-state index is 13.8. The highest BCUT2D eigenvalue weighted by Gasteiger charge is 2.23. The number of aryl methyl sites for hydroxylation is 1. The van der Waals surface area contributed by atoms with Crippen molar-refractivity contribution in [1.82, 2.24) is 5.32 Å². The lowest BCUT2D eigenvalue weighted by molar-refractivity contribution is -0.116. The van der Waals surface area contributed by atoms with Crippen LogP contribution in [0, 0.1) is 6.92 Å². The topological polar surface area (TPSA) is 87.3 Å². The van der Waals surface area contributed by atoms with Gasteiger partial charge in [0.25, 0.3) is 11.8 Å². The lowest BCUT2D eigenvalue weighted by Gasteiger charge is -2.19. The van der Waals surface area contributed by atoms with Crippen LogP contribution >= 0.6 is 23.4 Å². The first-order valence-electron chi connectivity index (χ1n) is 16.3. The Morgan fingerprint density at radius 3 is 2.02 bits per heavy atom. The fraction of sp³-hybridized carbons (Fsp3) is 0.0465. The molecular weight excluding hydrogens is 674 g/mol. The number of hydrogen-bond acceptors (Lipinski definition) is 4. The molecule has 6 aromatic rings. The number of carbonyl (C=O) groups excluding carboxylic acids is 3. The third-order valence-electron chi connectivity index (χ3n) is 8.00. The van der Waals surface area contributed by atoms with Crippen molar-refractivity contribution in [3.63, 3.8) is 0 Å². The van der Waals surface area contributed by atoms with Gasteiger partial charge in [-0.05, 0) is 83.3 Å². The van der Waals surface area contributed by atoms with Gasteiger partial charge in [0.05, 0.1) is 0 Å². The van der Waals surface area contributed by atoms with E-state index in [-0.39, 0.29) is 11.6 Å². The molecule has 0 bridgehead atoms. The quantitative estimate of drug-likeness (QED) is 0.0924. The Morgan fingerprint density at radius 2 is 1.31 bits per heavy atom. The molecule has 0 radical (unpaired) electrons. The summed E-state index contributed by atoms with van der Waals surface area (Å²) in [7, 11) is 0. The van der Waals surface area contributed by atoms with E-state index in [1.54, 1.807) is 48.5 Å². The van der Waals surface area contributed by atoms with E-state index in [2.05, 4.69) is 16.0 Å². The highest BCUT2D eigenvalue weighted by Crippen LogP contribution is 2.37. The predicted octanol–water partition coefficient (Wildman–Crippen LogP) is 10.2. The molecule has 6 nitrogen and oxygen atoms in total. The number of carbonyl (C=O) groups is 3. The molecular formula is C43H34ClN3O3S. The first-order valence-corrected chi connectivity index (χ1v) is 17.5. The second-order valence-corrected chi connectivity index (χ2v) is 13.3. The van der Waals surface area contributed by atoms with Gasteiger partial charge in [0.2, 0.25) is 5.91 Å². The van der Waals surface area contributed by atoms with Gasteiger partial charge in [-0.2, -0.15) is 0 Å². The molecule has 8 heteroatoms. The first kappa shape index (κ1) is 35.0. The number of amides is 3. The van der Waals surface area contributed by atoms with Crippen LogP contribution in [0.1, 0.15) is 32.3 Å². The number of anilines is 2. The third-order valence-corrected chi connectivity index (χ3v) is 9.48. The Bertz CT molecular complexity index is 2170. The number of hydrogen-bond donors (Lipinski definition) is 3. The molecule has 0 saturated heterocycles. The zero-order valence-corrected chi connectivity index (χ0v) is 29.2. The second kappa shape index (κ2) is 16.7. The van der Waals surface area contributed by atoms with Gasteiger partial charge in [-0.3, -0.25) is 14.4 Å². The van der Waals surface area contributed by atoms with Crippen LogP contribution in [0.5, 0.6) is 0 Å². The fourth-order valence-corrected chi connectivity index (χ4v) is 6.58. The van der Waals surface area contributed by atoms with Crippen molar-refractivity contribution < 1.29 is 14.4 Å². The Kier molecular flexibility index (Phi) is 11.4. The van der Waals surface area contributed by atoms with Crippen molar-refractivity contribution in [3.05, 3.63) is 191 Å². The average molecular weight is 708 g/mol. The largest absolute Gasteiger partial charge is 0.325 e. The normalized spacial score (nSPS) is 11.7.